The van der Waals surface area contributed by atoms with Gasteiger partial charge in [0.2, 0.25) is 0 Å². The van der Waals surface area contributed by atoms with Crippen molar-refractivity contribution >= 4 is 5.69 Å². The number of hydrogen-bond acceptors (Lipinski definition) is 4. The van der Waals surface area contributed by atoms with Crippen molar-refractivity contribution in [1.82, 2.24) is 20.2 Å². The third-order valence-electron chi connectivity index (χ3n) is 3.65. The van der Waals surface area contributed by atoms with E-state index >= 15 is 0 Å². The van der Waals surface area contributed by atoms with E-state index in [1.165, 1.54) is 0 Å². The van der Waals surface area contributed by atoms with Gasteiger partial charge in [0.1, 0.15) is 0 Å². The number of anilines is 1. The minimum atomic E-state index is 0.669. The molecule has 5 heteroatoms. The zero-order chi connectivity index (χ0) is 15.0. The highest BCUT2D eigenvalue weighted by Crippen LogP contribution is 2.30. The summed E-state index contributed by atoms with van der Waals surface area (Å²) < 4.78 is 1.77. The highest BCUT2D eigenvalue weighted by atomic mass is 15.5. The number of aromatic nitrogens is 4. The van der Waals surface area contributed by atoms with Crippen molar-refractivity contribution in [2.75, 3.05) is 5.73 Å². The lowest BCUT2D eigenvalue weighted by atomic mass is 10.0. The number of nitrogen functional groups attached to an aromatic ring is 1. The fraction of sp³-hybridized carbons (Fsp3) is 0.188. The molecule has 0 saturated heterocycles. The molecule has 3 rings (SSSR count). The van der Waals surface area contributed by atoms with Gasteiger partial charge in [-0.2, -0.15) is 4.68 Å². The smallest absolute Gasteiger partial charge is 0.189 e. The van der Waals surface area contributed by atoms with Crippen molar-refractivity contribution in [3.8, 4) is 17.1 Å². The van der Waals surface area contributed by atoms with E-state index in [0.717, 1.165) is 27.9 Å². The van der Waals surface area contributed by atoms with Gasteiger partial charge in [-0.3, -0.25) is 0 Å². The van der Waals surface area contributed by atoms with Gasteiger partial charge >= 0.3 is 0 Å². The van der Waals surface area contributed by atoms with Gasteiger partial charge in [-0.05, 0) is 54.0 Å². The molecule has 0 spiro atoms. The van der Waals surface area contributed by atoms with Crippen molar-refractivity contribution in [2.45, 2.75) is 20.8 Å². The predicted octanol–water partition coefficient (Wildman–Crippen LogP) is 2.84. The minimum Gasteiger partial charge on any atom is -0.398 e. The molecule has 0 aliphatic heterocycles. The second kappa shape index (κ2) is 5.01. The molecule has 1 aromatic heterocycles. The summed E-state index contributed by atoms with van der Waals surface area (Å²) in [5, 5.41) is 12.2. The maximum absolute atomic E-state index is 6.13. The van der Waals surface area contributed by atoms with E-state index in [0.29, 0.717) is 11.5 Å². The fourth-order valence-electron chi connectivity index (χ4n) is 2.63. The average molecular weight is 279 g/mol. The molecule has 3 aromatic rings. The van der Waals surface area contributed by atoms with Crippen LogP contribution in [-0.2, 0) is 0 Å². The van der Waals surface area contributed by atoms with Crippen LogP contribution >= 0.6 is 0 Å². The summed E-state index contributed by atoms with van der Waals surface area (Å²) >= 11 is 0. The van der Waals surface area contributed by atoms with Gasteiger partial charge in [0.15, 0.2) is 5.82 Å². The number of para-hydroxylation sites is 1. The maximum Gasteiger partial charge on any atom is 0.189 e. The van der Waals surface area contributed by atoms with Gasteiger partial charge in [0, 0.05) is 11.3 Å². The second-order valence-corrected chi connectivity index (χ2v) is 5.19. The van der Waals surface area contributed by atoms with Crippen LogP contribution in [-0.4, -0.2) is 20.2 Å². The molecular formula is C16H17N5. The minimum absolute atomic E-state index is 0.669. The Morgan fingerprint density at radius 2 is 1.52 bits per heavy atom. The molecule has 0 aliphatic carbocycles. The zero-order valence-corrected chi connectivity index (χ0v) is 12.3. The topological polar surface area (TPSA) is 69.6 Å². The summed E-state index contributed by atoms with van der Waals surface area (Å²) in [5.74, 6) is 0.669. The third-order valence-corrected chi connectivity index (χ3v) is 3.65. The summed E-state index contributed by atoms with van der Waals surface area (Å²) in [5.41, 5.74) is 12.0. The van der Waals surface area contributed by atoms with Crippen molar-refractivity contribution in [3.05, 3.63) is 53.1 Å². The third kappa shape index (κ3) is 2.16. The van der Waals surface area contributed by atoms with Crippen molar-refractivity contribution in [3.63, 3.8) is 0 Å². The highest BCUT2D eigenvalue weighted by molar-refractivity contribution is 5.75. The van der Waals surface area contributed by atoms with Crippen LogP contribution in [0.1, 0.15) is 16.7 Å². The van der Waals surface area contributed by atoms with Crippen LogP contribution in [0.15, 0.2) is 36.4 Å². The van der Waals surface area contributed by atoms with E-state index in [4.69, 9.17) is 5.73 Å². The number of nitrogens with zero attached hydrogens (tertiary/aromatic N) is 4. The summed E-state index contributed by atoms with van der Waals surface area (Å²) in [6.45, 7) is 6.11. The number of hydrogen-bond donors (Lipinski definition) is 1. The zero-order valence-electron chi connectivity index (χ0n) is 12.3. The van der Waals surface area contributed by atoms with Crippen molar-refractivity contribution in [1.29, 1.82) is 0 Å². The van der Waals surface area contributed by atoms with E-state index in [-0.39, 0.29) is 0 Å². The van der Waals surface area contributed by atoms with E-state index in [2.05, 4.69) is 41.5 Å². The molecule has 0 radical (unpaired) electrons. The van der Waals surface area contributed by atoms with Gasteiger partial charge in [0.05, 0.1) is 5.69 Å². The second-order valence-electron chi connectivity index (χ2n) is 5.19. The van der Waals surface area contributed by atoms with Crippen molar-refractivity contribution < 1.29 is 0 Å². The Morgan fingerprint density at radius 1 is 0.905 bits per heavy atom. The summed E-state index contributed by atoms with van der Waals surface area (Å²) in [7, 11) is 0. The first-order valence-corrected chi connectivity index (χ1v) is 6.80. The number of nitrogens with two attached hydrogens (primary N) is 1. The van der Waals surface area contributed by atoms with Crippen LogP contribution in [0.5, 0.6) is 0 Å². The molecule has 0 atom stereocenters. The van der Waals surface area contributed by atoms with Crippen LogP contribution in [0.2, 0.25) is 0 Å². The Hall–Kier alpha value is -2.69. The Bertz CT molecular complexity index is 698. The van der Waals surface area contributed by atoms with Gasteiger partial charge in [-0.15, -0.1) is 5.10 Å². The Balaban J connectivity index is 2.28. The highest BCUT2D eigenvalue weighted by Gasteiger charge is 2.17. The largest absolute Gasteiger partial charge is 0.398 e. The molecule has 106 valence electrons. The number of tetrazole rings is 1. The molecule has 0 unspecified atom stereocenters. The standard InChI is InChI=1S/C16H17N5/c1-10-6-5-9-13(17)14(10)16-18-19-20-21(16)15-11(2)7-4-8-12(15)3/h4-9H,17H2,1-3H3. The van der Waals surface area contributed by atoms with Crippen molar-refractivity contribution in [2.24, 2.45) is 0 Å². The van der Waals surface area contributed by atoms with E-state index in [9.17, 15) is 0 Å². The first kappa shape index (κ1) is 13.3. The predicted molar refractivity (Wildman–Crippen MR) is 83.2 cm³/mol. The summed E-state index contributed by atoms with van der Waals surface area (Å²) in [4.78, 5) is 0. The molecule has 0 amide bonds. The Kier molecular flexibility index (Phi) is 3.17. The number of aryl methyl sites for hydroxylation is 3. The van der Waals surface area contributed by atoms with Gasteiger partial charge in [-0.25, -0.2) is 0 Å². The SMILES string of the molecule is Cc1cccc(N)c1-c1nnnn1-c1c(C)cccc1C. The quantitative estimate of drug-likeness (QED) is 0.732. The molecular weight excluding hydrogens is 262 g/mol. The maximum atomic E-state index is 6.13. The average Bonchev–Trinajstić information content (AvgIpc) is 2.87. The lowest BCUT2D eigenvalue weighted by Gasteiger charge is -2.13. The normalized spacial score (nSPS) is 10.8. The Morgan fingerprint density at radius 3 is 2.19 bits per heavy atom. The van der Waals surface area contributed by atoms with Crippen LogP contribution in [0.4, 0.5) is 5.69 Å². The van der Waals surface area contributed by atoms with Crippen LogP contribution in [0.25, 0.3) is 17.1 Å². The van der Waals surface area contributed by atoms with Gasteiger partial charge in [0.25, 0.3) is 0 Å². The van der Waals surface area contributed by atoms with Crippen LogP contribution in [0.3, 0.4) is 0 Å². The first-order chi connectivity index (χ1) is 10.1. The number of rotatable bonds is 2. The Labute approximate surface area is 123 Å². The fourth-order valence-corrected chi connectivity index (χ4v) is 2.63. The molecule has 0 aliphatic rings. The molecule has 2 N–H and O–H groups in total. The molecule has 0 saturated carbocycles. The first-order valence-electron chi connectivity index (χ1n) is 6.80. The lowest BCUT2D eigenvalue weighted by Crippen LogP contribution is -2.06. The lowest BCUT2D eigenvalue weighted by molar-refractivity contribution is 0.783. The molecule has 21 heavy (non-hydrogen) atoms. The monoisotopic (exact) mass is 279 g/mol. The molecule has 2 aromatic carbocycles. The van der Waals surface area contributed by atoms with E-state index in [1.54, 1.807) is 4.68 Å². The number of benzene rings is 2. The molecule has 1 heterocycles. The van der Waals surface area contributed by atoms with E-state index < -0.39 is 0 Å². The van der Waals surface area contributed by atoms with Gasteiger partial charge in [-0.1, -0.05) is 30.3 Å². The van der Waals surface area contributed by atoms with Crippen LogP contribution in [0, 0.1) is 20.8 Å². The summed E-state index contributed by atoms with van der Waals surface area (Å²) in [6, 6.07) is 11.9. The molecule has 0 fully saturated rings. The molecule has 0 bridgehead atoms. The van der Waals surface area contributed by atoms with Crippen LogP contribution < -0.4 is 5.73 Å². The summed E-state index contributed by atoms with van der Waals surface area (Å²) in [6.07, 6.45) is 0. The molecule has 5 nitrogen and oxygen atoms in total. The van der Waals surface area contributed by atoms with E-state index in [1.807, 2.05) is 31.2 Å². The van der Waals surface area contributed by atoms with Gasteiger partial charge < -0.3 is 5.73 Å².